The van der Waals surface area contributed by atoms with Crippen LogP contribution >= 0.6 is 0 Å². The minimum atomic E-state index is -4.72. The molecule has 1 aromatic heterocycles. The predicted octanol–water partition coefficient (Wildman–Crippen LogP) is 3.53. The van der Waals surface area contributed by atoms with Gasteiger partial charge in [-0.05, 0) is 23.8 Å². The first kappa shape index (κ1) is 17.9. The number of alkyl halides is 3. The summed E-state index contributed by atoms with van der Waals surface area (Å²) < 4.78 is 58.7. The quantitative estimate of drug-likeness (QED) is 0.491. The lowest BCUT2D eigenvalue weighted by atomic mass is 9.63. The summed E-state index contributed by atoms with van der Waals surface area (Å²) in [5.74, 6) is 3.65. The number of ether oxygens (including phenoxy) is 1. The highest BCUT2D eigenvalue weighted by Gasteiger charge is 2.49. The summed E-state index contributed by atoms with van der Waals surface area (Å²) in [6.45, 7) is 0. The predicted molar refractivity (Wildman–Crippen MR) is 84.4 cm³/mol. The van der Waals surface area contributed by atoms with Gasteiger partial charge in [0.15, 0.2) is 5.82 Å². The molecule has 1 saturated carbocycles. The van der Waals surface area contributed by atoms with Crippen molar-refractivity contribution in [2.75, 3.05) is 5.43 Å². The second kappa shape index (κ2) is 6.46. The molecule has 3 rings (SSSR count). The topological polar surface area (TPSA) is 84.0 Å². The Bertz CT molecular complexity index is 857. The first-order valence-corrected chi connectivity index (χ1v) is 7.66. The number of pyridine rings is 1. The van der Waals surface area contributed by atoms with Crippen LogP contribution in [-0.4, -0.2) is 11.1 Å². The molecule has 3 N–H and O–H groups in total. The van der Waals surface area contributed by atoms with E-state index in [2.05, 4.69) is 11.1 Å². The number of hydrogen-bond acceptors (Lipinski definition) is 5. The lowest BCUT2D eigenvalue weighted by Gasteiger charge is -2.42. The van der Waals surface area contributed by atoms with Crippen LogP contribution in [0.3, 0.4) is 0 Å². The van der Waals surface area contributed by atoms with Gasteiger partial charge in [-0.3, -0.25) is 0 Å². The number of aromatic nitrogens is 1. The molecule has 1 fully saturated rings. The maximum atomic E-state index is 13.4. The molecule has 0 amide bonds. The molecule has 0 atom stereocenters. The summed E-state index contributed by atoms with van der Waals surface area (Å²) in [6.07, 6.45) is -3.89. The highest BCUT2D eigenvalue weighted by Crippen LogP contribution is 2.47. The molecule has 9 heteroatoms. The highest BCUT2D eigenvalue weighted by molar-refractivity contribution is 5.53. The van der Waals surface area contributed by atoms with Crippen molar-refractivity contribution >= 4 is 5.82 Å². The Morgan fingerprint density at radius 3 is 2.62 bits per heavy atom. The van der Waals surface area contributed by atoms with Gasteiger partial charge in [0.05, 0.1) is 11.5 Å². The first-order valence-electron chi connectivity index (χ1n) is 7.66. The van der Waals surface area contributed by atoms with Crippen LogP contribution in [0.15, 0.2) is 36.5 Å². The minimum Gasteiger partial charge on any atom is -0.489 e. The SMILES string of the molecule is N#C[C@]1(c2cccc(F)c2)C[C@H](Oc2ccnc(NN)c2C(F)(F)F)C1. The molecule has 0 bridgehead atoms. The van der Waals surface area contributed by atoms with Gasteiger partial charge in [-0.25, -0.2) is 15.2 Å². The van der Waals surface area contributed by atoms with Gasteiger partial charge < -0.3 is 10.2 Å². The van der Waals surface area contributed by atoms with Crippen LogP contribution in [0.4, 0.5) is 23.4 Å². The maximum Gasteiger partial charge on any atom is 0.423 e. The van der Waals surface area contributed by atoms with E-state index in [9.17, 15) is 22.8 Å². The molecule has 0 aliphatic heterocycles. The van der Waals surface area contributed by atoms with Crippen molar-refractivity contribution in [3.63, 3.8) is 0 Å². The van der Waals surface area contributed by atoms with Crippen LogP contribution in [0.5, 0.6) is 5.75 Å². The van der Waals surface area contributed by atoms with Gasteiger partial charge in [-0.1, -0.05) is 12.1 Å². The normalized spacial score (nSPS) is 22.2. The lowest BCUT2D eigenvalue weighted by molar-refractivity contribution is -0.139. The van der Waals surface area contributed by atoms with Crippen LogP contribution in [0.1, 0.15) is 24.0 Å². The molecule has 1 aromatic carbocycles. The molecule has 0 unspecified atom stereocenters. The Hall–Kier alpha value is -2.86. The van der Waals surface area contributed by atoms with Gasteiger partial charge in [0.25, 0.3) is 0 Å². The van der Waals surface area contributed by atoms with Crippen molar-refractivity contribution in [1.82, 2.24) is 4.98 Å². The Balaban J connectivity index is 1.82. The van der Waals surface area contributed by atoms with E-state index in [1.54, 1.807) is 6.07 Å². The first-order chi connectivity index (χ1) is 12.3. The second-order valence-electron chi connectivity index (χ2n) is 6.03. The number of nitrogens with two attached hydrogens (primary N) is 1. The van der Waals surface area contributed by atoms with E-state index in [-0.39, 0.29) is 12.8 Å². The molecule has 5 nitrogen and oxygen atoms in total. The summed E-state index contributed by atoms with van der Waals surface area (Å²) in [6, 6.07) is 8.84. The summed E-state index contributed by atoms with van der Waals surface area (Å²) in [4.78, 5) is 3.55. The smallest absolute Gasteiger partial charge is 0.423 e. The Morgan fingerprint density at radius 2 is 2.04 bits per heavy atom. The zero-order valence-electron chi connectivity index (χ0n) is 13.3. The van der Waals surface area contributed by atoms with E-state index in [0.717, 1.165) is 12.3 Å². The number of anilines is 1. The third-order valence-electron chi connectivity index (χ3n) is 4.37. The molecular formula is C17H14F4N4O. The summed E-state index contributed by atoms with van der Waals surface area (Å²) >= 11 is 0. The van der Waals surface area contributed by atoms with E-state index < -0.39 is 40.6 Å². The number of benzene rings is 1. The fourth-order valence-electron chi connectivity index (χ4n) is 3.08. The van der Waals surface area contributed by atoms with Crippen LogP contribution in [0.25, 0.3) is 0 Å². The van der Waals surface area contributed by atoms with Crippen molar-refractivity contribution in [2.24, 2.45) is 5.84 Å². The second-order valence-corrected chi connectivity index (χ2v) is 6.03. The molecule has 0 spiro atoms. The maximum absolute atomic E-state index is 13.4. The van der Waals surface area contributed by atoms with Gasteiger partial charge in [0, 0.05) is 19.0 Å². The fraction of sp³-hybridized carbons (Fsp3) is 0.294. The lowest BCUT2D eigenvalue weighted by Crippen LogP contribution is -2.46. The van der Waals surface area contributed by atoms with E-state index in [1.807, 2.05) is 5.43 Å². The summed E-state index contributed by atoms with van der Waals surface area (Å²) in [7, 11) is 0. The number of nitriles is 1. The average Bonchev–Trinajstić information content (AvgIpc) is 2.56. The van der Waals surface area contributed by atoms with Gasteiger partial charge in [0.1, 0.15) is 23.2 Å². The van der Waals surface area contributed by atoms with Crippen molar-refractivity contribution in [1.29, 1.82) is 5.26 Å². The summed E-state index contributed by atoms with van der Waals surface area (Å²) in [5.41, 5.74) is 0.300. The van der Waals surface area contributed by atoms with Gasteiger partial charge in [0.2, 0.25) is 0 Å². The van der Waals surface area contributed by atoms with Crippen molar-refractivity contribution < 1.29 is 22.3 Å². The fourth-order valence-corrected chi connectivity index (χ4v) is 3.08. The Kier molecular flexibility index (Phi) is 4.46. The van der Waals surface area contributed by atoms with Gasteiger partial charge >= 0.3 is 6.18 Å². The molecule has 2 aromatic rings. The molecule has 136 valence electrons. The summed E-state index contributed by atoms with van der Waals surface area (Å²) in [5, 5.41) is 9.49. The van der Waals surface area contributed by atoms with Gasteiger partial charge in [-0.15, -0.1) is 0 Å². The number of nitrogen functional groups attached to an aromatic ring is 1. The van der Waals surface area contributed by atoms with E-state index >= 15 is 0 Å². The Labute approximate surface area is 146 Å². The van der Waals surface area contributed by atoms with Crippen molar-refractivity contribution in [3.8, 4) is 11.8 Å². The zero-order chi connectivity index (χ0) is 18.9. The Morgan fingerprint density at radius 1 is 1.31 bits per heavy atom. The number of halogens is 4. The van der Waals surface area contributed by atoms with Crippen LogP contribution in [0, 0.1) is 17.1 Å². The van der Waals surface area contributed by atoms with Crippen LogP contribution in [0.2, 0.25) is 0 Å². The average molecular weight is 366 g/mol. The van der Waals surface area contributed by atoms with Gasteiger partial charge in [-0.2, -0.15) is 18.4 Å². The number of nitrogens with zero attached hydrogens (tertiary/aromatic N) is 2. The van der Waals surface area contributed by atoms with Crippen molar-refractivity contribution in [2.45, 2.75) is 30.5 Å². The molecule has 0 saturated heterocycles. The number of hydrazine groups is 1. The minimum absolute atomic E-state index is 0.151. The molecule has 0 radical (unpaired) electrons. The van der Waals surface area contributed by atoms with Crippen LogP contribution < -0.4 is 16.0 Å². The van der Waals surface area contributed by atoms with Crippen LogP contribution in [-0.2, 0) is 11.6 Å². The monoisotopic (exact) mass is 366 g/mol. The number of nitrogens with one attached hydrogen (secondary N) is 1. The van der Waals surface area contributed by atoms with E-state index in [4.69, 9.17) is 10.6 Å². The third kappa shape index (κ3) is 3.15. The largest absolute Gasteiger partial charge is 0.489 e. The zero-order valence-corrected chi connectivity index (χ0v) is 13.3. The van der Waals surface area contributed by atoms with E-state index in [0.29, 0.717) is 5.56 Å². The highest BCUT2D eigenvalue weighted by atomic mass is 19.4. The molecule has 1 heterocycles. The van der Waals surface area contributed by atoms with E-state index in [1.165, 1.54) is 18.2 Å². The molecule has 26 heavy (non-hydrogen) atoms. The standard InChI is InChI=1S/C17H14F4N4O/c18-11-3-1-2-10(6-11)16(9-22)7-12(8-16)26-13-4-5-24-15(25-23)14(13)17(19,20)21/h1-6,12H,7-8,23H2,(H,24,25)/t12-,16-. The molecular weight excluding hydrogens is 352 g/mol. The molecule has 1 aliphatic rings. The third-order valence-corrected chi connectivity index (χ3v) is 4.37. The van der Waals surface area contributed by atoms with Crippen molar-refractivity contribution in [3.05, 3.63) is 53.5 Å². The number of hydrogen-bond donors (Lipinski definition) is 2. The molecule has 1 aliphatic carbocycles. The number of rotatable bonds is 4.